The van der Waals surface area contributed by atoms with Gasteiger partial charge in [-0.1, -0.05) is 37.3 Å². The number of hydrogen-bond donors (Lipinski definition) is 3. The zero-order valence-electron chi connectivity index (χ0n) is 13.6. The Kier molecular flexibility index (Phi) is 10.6. The minimum absolute atomic E-state index is 0. The molecule has 0 radical (unpaired) electrons. The lowest BCUT2D eigenvalue weighted by atomic mass is 10.1. The highest BCUT2D eigenvalue weighted by molar-refractivity contribution is 5.92. The van der Waals surface area contributed by atoms with Gasteiger partial charge in [-0.15, -0.1) is 12.4 Å². The lowest BCUT2D eigenvalue weighted by Gasteiger charge is -2.18. The molecule has 1 aromatic carbocycles. The normalized spacial score (nSPS) is 12.5. The van der Waals surface area contributed by atoms with Crippen LogP contribution >= 0.6 is 12.4 Å². The zero-order chi connectivity index (χ0) is 17.2. The van der Waals surface area contributed by atoms with Crippen LogP contribution in [-0.4, -0.2) is 37.0 Å². The van der Waals surface area contributed by atoms with Gasteiger partial charge in [-0.3, -0.25) is 9.59 Å². The number of carbonyl (C=O) groups is 3. The van der Waals surface area contributed by atoms with Gasteiger partial charge in [-0.25, -0.2) is 4.79 Å². The molecule has 5 N–H and O–H groups in total. The molecule has 0 heterocycles. The van der Waals surface area contributed by atoms with E-state index in [0.717, 1.165) is 5.56 Å². The van der Waals surface area contributed by atoms with Gasteiger partial charge in [0, 0.05) is 6.42 Å². The molecule has 0 saturated heterocycles. The summed E-state index contributed by atoms with van der Waals surface area (Å²) < 4.78 is 4.86. The molecule has 0 aromatic heterocycles. The van der Waals surface area contributed by atoms with E-state index in [-0.39, 0.29) is 25.4 Å². The molecule has 0 aliphatic heterocycles. The first-order chi connectivity index (χ1) is 11.0. The van der Waals surface area contributed by atoms with Crippen LogP contribution < -0.4 is 16.8 Å². The molecule has 134 valence electrons. The average molecular weight is 358 g/mol. The van der Waals surface area contributed by atoms with Crippen LogP contribution in [-0.2, 0) is 25.5 Å². The van der Waals surface area contributed by atoms with Crippen molar-refractivity contribution in [3.05, 3.63) is 35.9 Å². The maximum Gasteiger partial charge on any atom is 0.336 e. The Labute approximate surface area is 147 Å². The summed E-state index contributed by atoms with van der Waals surface area (Å²) in [6.45, 7) is 1.70. The third-order valence-corrected chi connectivity index (χ3v) is 3.29. The number of benzene rings is 1. The van der Waals surface area contributed by atoms with Crippen LogP contribution in [0.25, 0.3) is 0 Å². The van der Waals surface area contributed by atoms with Crippen LogP contribution in [0.2, 0.25) is 0 Å². The molecule has 1 aromatic rings. The fourth-order valence-electron chi connectivity index (χ4n) is 1.94. The molecule has 0 spiro atoms. The van der Waals surface area contributed by atoms with E-state index in [1.165, 1.54) is 0 Å². The number of hydrogen-bond acceptors (Lipinski definition) is 6. The Hall–Kier alpha value is -1.96. The Balaban J connectivity index is 0.00000529. The topological polar surface area (TPSA) is 125 Å². The summed E-state index contributed by atoms with van der Waals surface area (Å²) in [6, 6.07) is 8.13. The number of halogens is 1. The van der Waals surface area contributed by atoms with Gasteiger partial charge in [-0.2, -0.15) is 0 Å². The third kappa shape index (κ3) is 7.54. The Morgan fingerprint density at radius 2 is 1.75 bits per heavy atom. The molecule has 0 aliphatic rings. The van der Waals surface area contributed by atoms with Gasteiger partial charge in [0.2, 0.25) is 5.91 Å². The molecular formula is C16H24ClN3O4. The van der Waals surface area contributed by atoms with Crippen LogP contribution in [0.5, 0.6) is 0 Å². The highest BCUT2D eigenvalue weighted by Crippen LogP contribution is 2.08. The molecule has 0 fully saturated rings. The van der Waals surface area contributed by atoms with Crippen molar-refractivity contribution < 1.29 is 19.1 Å². The first kappa shape index (κ1) is 22.0. The molecule has 24 heavy (non-hydrogen) atoms. The predicted molar refractivity (Wildman–Crippen MR) is 92.3 cm³/mol. The second kappa shape index (κ2) is 11.6. The molecular weight excluding hydrogens is 334 g/mol. The summed E-state index contributed by atoms with van der Waals surface area (Å²) in [5, 5.41) is 2.48. The highest BCUT2D eigenvalue weighted by atomic mass is 35.5. The number of nitrogens with one attached hydrogen (secondary N) is 1. The summed E-state index contributed by atoms with van der Waals surface area (Å²) in [4.78, 5) is 35.5. The van der Waals surface area contributed by atoms with Crippen LogP contribution in [0.1, 0.15) is 18.9 Å². The summed E-state index contributed by atoms with van der Waals surface area (Å²) >= 11 is 0. The number of esters is 2. The maximum atomic E-state index is 12.2. The molecule has 0 bridgehead atoms. The molecule has 2 atom stereocenters. The van der Waals surface area contributed by atoms with Crippen molar-refractivity contribution in [2.75, 3.05) is 13.1 Å². The number of carbonyl (C=O) groups excluding carboxylic acids is 3. The fourth-order valence-corrected chi connectivity index (χ4v) is 1.94. The van der Waals surface area contributed by atoms with E-state index in [2.05, 4.69) is 5.32 Å². The predicted octanol–water partition coefficient (Wildman–Crippen LogP) is 0.149. The highest BCUT2D eigenvalue weighted by Gasteiger charge is 2.26. The summed E-state index contributed by atoms with van der Waals surface area (Å²) in [7, 11) is 0. The lowest BCUT2D eigenvalue weighted by Crippen LogP contribution is -2.46. The van der Waals surface area contributed by atoms with Crippen LogP contribution in [0.15, 0.2) is 30.3 Å². The van der Waals surface area contributed by atoms with Crippen molar-refractivity contribution in [2.45, 2.75) is 25.8 Å². The van der Waals surface area contributed by atoms with E-state index < -0.39 is 29.8 Å². The quantitative estimate of drug-likeness (QED) is 0.449. The van der Waals surface area contributed by atoms with E-state index in [4.69, 9.17) is 16.2 Å². The Morgan fingerprint density at radius 1 is 1.12 bits per heavy atom. The molecule has 0 aliphatic carbocycles. The maximum absolute atomic E-state index is 12.2. The van der Waals surface area contributed by atoms with Crippen molar-refractivity contribution in [1.29, 1.82) is 0 Å². The minimum atomic E-state index is -0.970. The van der Waals surface area contributed by atoms with Gasteiger partial charge >= 0.3 is 11.9 Å². The van der Waals surface area contributed by atoms with E-state index in [1.54, 1.807) is 6.92 Å². The van der Waals surface area contributed by atoms with E-state index in [1.807, 2.05) is 30.3 Å². The number of ether oxygens (including phenoxy) is 1. The largest absolute Gasteiger partial charge is 0.391 e. The van der Waals surface area contributed by atoms with E-state index in [0.29, 0.717) is 13.0 Å². The SMILES string of the molecule is CC(CCN)C(=O)OC(=O)C(Cc1ccccc1)NC(=O)CN.Cl. The molecule has 2 unspecified atom stereocenters. The number of nitrogens with two attached hydrogens (primary N) is 2. The Morgan fingerprint density at radius 3 is 2.29 bits per heavy atom. The fraction of sp³-hybridized carbons (Fsp3) is 0.438. The van der Waals surface area contributed by atoms with Crippen molar-refractivity contribution in [2.24, 2.45) is 17.4 Å². The van der Waals surface area contributed by atoms with Crippen molar-refractivity contribution in [1.82, 2.24) is 5.32 Å². The van der Waals surface area contributed by atoms with Gasteiger partial charge in [0.1, 0.15) is 6.04 Å². The van der Waals surface area contributed by atoms with Crippen molar-refractivity contribution in [3.8, 4) is 0 Å². The van der Waals surface area contributed by atoms with Gasteiger partial charge < -0.3 is 21.5 Å². The van der Waals surface area contributed by atoms with Crippen LogP contribution in [0.4, 0.5) is 0 Å². The van der Waals surface area contributed by atoms with Crippen LogP contribution in [0, 0.1) is 5.92 Å². The second-order valence-corrected chi connectivity index (χ2v) is 5.23. The van der Waals surface area contributed by atoms with Crippen LogP contribution in [0.3, 0.4) is 0 Å². The number of amides is 1. The first-order valence-electron chi connectivity index (χ1n) is 7.46. The Bertz CT molecular complexity index is 539. The van der Waals surface area contributed by atoms with Crippen molar-refractivity contribution in [3.63, 3.8) is 0 Å². The smallest absolute Gasteiger partial charge is 0.336 e. The third-order valence-electron chi connectivity index (χ3n) is 3.29. The van der Waals surface area contributed by atoms with Gasteiger partial charge in [-0.05, 0) is 18.5 Å². The van der Waals surface area contributed by atoms with Gasteiger partial charge in [0.25, 0.3) is 0 Å². The monoisotopic (exact) mass is 357 g/mol. The molecule has 8 heteroatoms. The minimum Gasteiger partial charge on any atom is -0.391 e. The molecule has 1 rings (SSSR count). The summed E-state index contributed by atoms with van der Waals surface area (Å²) in [6.07, 6.45) is 0.634. The summed E-state index contributed by atoms with van der Waals surface area (Å²) in [5.74, 6) is -2.43. The number of rotatable bonds is 8. The standard InChI is InChI=1S/C16H23N3O4.ClH/c1-11(7-8-17)15(21)23-16(22)13(19-14(20)10-18)9-12-5-3-2-4-6-12;/h2-6,11,13H,7-10,17-18H2,1H3,(H,19,20);1H. The molecule has 7 nitrogen and oxygen atoms in total. The van der Waals surface area contributed by atoms with E-state index in [9.17, 15) is 14.4 Å². The molecule has 1 amide bonds. The zero-order valence-corrected chi connectivity index (χ0v) is 14.4. The average Bonchev–Trinajstić information content (AvgIpc) is 2.55. The summed E-state index contributed by atoms with van der Waals surface area (Å²) in [5.41, 5.74) is 11.5. The van der Waals surface area contributed by atoms with E-state index >= 15 is 0 Å². The van der Waals surface area contributed by atoms with Crippen molar-refractivity contribution >= 4 is 30.3 Å². The lowest BCUT2D eigenvalue weighted by molar-refractivity contribution is -0.164. The van der Waals surface area contributed by atoms with Gasteiger partial charge in [0.15, 0.2) is 0 Å². The van der Waals surface area contributed by atoms with Gasteiger partial charge in [0.05, 0.1) is 12.5 Å². The first-order valence-corrected chi connectivity index (χ1v) is 7.46. The second-order valence-electron chi connectivity index (χ2n) is 5.23. The molecule has 0 saturated carbocycles.